The lowest BCUT2D eigenvalue weighted by atomic mass is 10.2. The summed E-state index contributed by atoms with van der Waals surface area (Å²) in [7, 11) is 0. The van der Waals surface area contributed by atoms with Crippen molar-refractivity contribution < 1.29 is 0 Å². The third-order valence-corrected chi connectivity index (χ3v) is 3.89. The lowest BCUT2D eigenvalue weighted by molar-refractivity contribution is 0.734. The molecule has 2 rings (SSSR count). The first-order valence-corrected chi connectivity index (χ1v) is 7.27. The molecular formula is C13H15BrN2S. The second kappa shape index (κ2) is 6.28. The molecule has 4 heteroatoms. The third-order valence-electron chi connectivity index (χ3n) is 2.40. The van der Waals surface area contributed by atoms with Crippen LogP contribution in [0.1, 0.15) is 22.4 Å². The molecule has 0 fully saturated rings. The van der Waals surface area contributed by atoms with Crippen LogP contribution in [0.5, 0.6) is 0 Å². The van der Waals surface area contributed by atoms with Gasteiger partial charge in [0.1, 0.15) is 0 Å². The average molecular weight is 311 g/mol. The number of hydrogen-bond donors (Lipinski definition) is 1. The maximum atomic E-state index is 4.46. The molecule has 2 nitrogen and oxygen atoms in total. The quantitative estimate of drug-likeness (QED) is 0.912. The predicted octanol–water partition coefficient (Wildman–Crippen LogP) is 3.61. The van der Waals surface area contributed by atoms with Crippen molar-refractivity contribution >= 4 is 27.3 Å². The van der Waals surface area contributed by atoms with Crippen LogP contribution in [0.4, 0.5) is 0 Å². The van der Waals surface area contributed by atoms with E-state index in [1.165, 1.54) is 15.4 Å². The minimum atomic E-state index is 0.913. The molecule has 0 aliphatic carbocycles. The summed E-state index contributed by atoms with van der Waals surface area (Å²) < 4.78 is 1.12. The summed E-state index contributed by atoms with van der Waals surface area (Å²) in [5, 5.41) is 4.49. The molecule has 0 atom stereocenters. The van der Waals surface area contributed by atoms with E-state index in [1.54, 1.807) is 11.3 Å². The normalized spacial score (nSPS) is 10.7. The number of aromatic nitrogens is 1. The monoisotopic (exact) mass is 310 g/mol. The number of benzene rings is 1. The highest BCUT2D eigenvalue weighted by Crippen LogP contribution is 2.19. The molecule has 0 unspecified atom stereocenters. The molecule has 1 aromatic heterocycles. The Morgan fingerprint density at radius 3 is 3.06 bits per heavy atom. The van der Waals surface area contributed by atoms with Gasteiger partial charge >= 0.3 is 0 Å². The van der Waals surface area contributed by atoms with Crippen LogP contribution in [0, 0.1) is 0 Å². The summed E-state index contributed by atoms with van der Waals surface area (Å²) in [5.41, 5.74) is 1.30. The molecule has 0 saturated heterocycles. The highest BCUT2D eigenvalue weighted by Gasteiger charge is 2.03. The Bertz CT molecular complexity index is 482. The van der Waals surface area contributed by atoms with E-state index in [1.807, 2.05) is 12.3 Å². The standard InChI is InChI=1S/C13H15BrN2S/c1-2-15-8-12-9-16-13(17-12)7-10-4-3-5-11(14)6-10/h3-6,9,15H,2,7-8H2,1H3. The second-order valence-electron chi connectivity index (χ2n) is 3.81. The topological polar surface area (TPSA) is 24.9 Å². The number of nitrogens with zero attached hydrogens (tertiary/aromatic N) is 1. The maximum absolute atomic E-state index is 4.46. The SMILES string of the molecule is CCNCc1cnc(Cc2cccc(Br)c2)s1. The Morgan fingerprint density at radius 2 is 2.29 bits per heavy atom. The van der Waals surface area contributed by atoms with Gasteiger partial charge in [0, 0.05) is 28.5 Å². The molecule has 0 amide bonds. The van der Waals surface area contributed by atoms with Gasteiger partial charge in [0.25, 0.3) is 0 Å². The van der Waals surface area contributed by atoms with Crippen LogP contribution in [0.2, 0.25) is 0 Å². The molecule has 17 heavy (non-hydrogen) atoms. The van der Waals surface area contributed by atoms with Crippen LogP contribution in [0.25, 0.3) is 0 Å². The highest BCUT2D eigenvalue weighted by atomic mass is 79.9. The lowest BCUT2D eigenvalue weighted by Gasteiger charge is -1.98. The minimum Gasteiger partial charge on any atom is -0.312 e. The fourth-order valence-corrected chi connectivity index (χ4v) is 2.95. The Balaban J connectivity index is 2.01. The van der Waals surface area contributed by atoms with Crippen LogP contribution in [0.3, 0.4) is 0 Å². The van der Waals surface area contributed by atoms with Gasteiger partial charge in [-0.15, -0.1) is 11.3 Å². The summed E-state index contributed by atoms with van der Waals surface area (Å²) in [6.45, 7) is 4.04. The molecule has 0 spiro atoms. The van der Waals surface area contributed by atoms with E-state index in [0.29, 0.717) is 0 Å². The molecule has 1 aromatic carbocycles. The molecule has 90 valence electrons. The minimum absolute atomic E-state index is 0.913. The zero-order chi connectivity index (χ0) is 12.1. The van der Waals surface area contributed by atoms with E-state index in [0.717, 1.165) is 24.0 Å². The van der Waals surface area contributed by atoms with Crippen LogP contribution >= 0.6 is 27.3 Å². The number of thiazole rings is 1. The first kappa shape index (κ1) is 12.7. The largest absolute Gasteiger partial charge is 0.312 e. The Labute approximate surface area is 114 Å². The number of rotatable bonds is 5. The molecule has 0 bridgehead atoms. The molecule has 2 aromatic rings. The van der Waals surface area contributed by atoms with E-state index < -0.39 is 0 Å². The predicted molar refractivity (Wildman–Crippen MR) is 76.4 cm³/mol. The summed E-state index contributed by atoms with van der Waals surface area (Å²) in [6, 6.07) is 8.38. The van der Waals surface area contributed by atoms with E-state index in [-0.39, 0.29) is 0 Å². The van der Waals surface area contributed by atoms with Gasteiger partial charge in [-0.1, -0.05) is 35.0 Å². The van der Waals surface area contributed by atoms with Crippen molar-refractivity contribution in [2.45, 2.75) is 19.9 Å². The van der Waals surface area contributed by atoms with Crippen molar-refractivity contribution in [2.75, 3.05) is 6.54 Å². The van der Waals surface area contributed by atoms with Crippen LogP contribution in [-0.2, 0) is 13.0 Å². The fourth-order valence-electron chi connectivity index (χ4n) is 1.58. The average Bonchev–Trinajstić information content (AvgIpc) is 2.74. The third kappa shape index (κ3) is 3.91. The fraction of sp³-hybridized carbons (Fsp3) is 0.308. The number of nitrogens with one attached hydrogen (secondary N) is 1. The van der Waals surface area contributed by atoms with Crippen LogP contribution in [-0.4, -0.2) is 11.5 Å². The zero-order valence-electron chi connectivity index (χ0n) is 9.74. The van der Waals surface area contributed by atoms with E-state index in [4.69, 9.17) is 0 Å². The van der Waals surface area contributed by atoms with Gasteiger partial charge in [0.2, 0.25) is 0 Å². The summed E-state index contributed by atoms with van der Waals surface area (Å²) in [6.07, 6.45) is 2.89. The Morgan fingerprint density at radius 1 is 1.41 bits per heavy atom. The molecule has 1 N–H and O–H groups in total. The second-order valence-corrected chi connectivity index (χ2v) is 5.92. The first-order valence-electron chi connectivity index (χ1n) is 5.66. The van der Waals surface area contributed by atoms with Crippen molar-refractivity contribution in [3.63, 3.8) is 0 Å². The number of hydrogen-bond acceptors (Lipinski definition) is 3. The van der Waals surface area contributed by atoms with Gasteiger partial charge in [-0.2, -0.15) is 0 Å². The molecular weight excluding hydrogens is 296 g/mol. The van der Waals surface area contributed by atoms with Gasteiger partial charge in [0.15, 0.2) is 0 Å². The maximum Gasteiger partial charge on any atom is 0.0972 e. The van der Waals surface area contributed by atoms with Crippen molar-refractivity contribution in [1.29, 1.82) is 0 Å². The molecule has 0 radical (unpaired) electrons. The Hall–Kier alpha value is -0.710. The van der Waals surface area contributed by atoms with Gasteiger partial charge in [-0.3, -0.25) is 0 Å². The summed E-state index contributed by atoms with van der Waals surface area (Å²) in [4.78, 5) is 5.76. The first-order chi connectivity index (χ1) is 8.28. The lowest BCUT2D eigenvalue weighted by Crippen LogP contribution is -2.10. The molecule has 1 heterocycles. The summed E-state index contributed by atoms with van der Waals surface area (Å²) >= 11 is 5.27. The highest BCUT2D eigenvalue weighted by molar-refractivity contribution is 9.10. The van der Waals surface area contributed by atoms with Crippen LogP contribution in [0.15, 0.2) is 34.9 Å². The van der Waals surface area contributed by atoms with Crippen molar-refractivity contribution in [1.82, 2.24) is 10.3 Å². The van der Waals surface area contributed by atoms with Crippen molar-refractivity contribution in [3.8, 4) is 0 Å². The summed E-state index contributed by atoms with van der Waals surface area (Å²) in [5.74, 6) is 0. The van der Waals surface area contributed by atoms with Crippen molar-refractivity contribution in [2.24, 2.45) is 0 Å². The van der Waals surface area contributed by atoms with Crippen molar-refractivity contribution in [3.05, 3.63) is 50.4 Å². The number of halogens is 1. The van der Waals surface area contributed by atoms with Gasteiger partial charge in [-0.25, -0.2) is 4.98 Å². The van der Waals surface area contributed by atoms with E-state index in [9.17, 15) is 0 Å². The smallest absolute Gasteiger partial charge is 0.0972 e. The van der Waals surface area contributed by atoms with Gasteiger partial charge < -0.3 is 5.32 Å². The Kier molecular flexibility index (Phi) is 4.71. The molecule has 0 aliphatic heterocycles. The van der Waals surface area contributed by atoms with Gasteiger partial charge in [0.05, 0.1) is 5.01 Å². The van der Waals surface area contributed by atoms with Crippen LogP contribution < -0.4 is 5.32 Å². The van der Waals surface area contributed by atoms with E-state index in [2.05, 4.69) is 51.4 Å². The van der Waals surface area contributed by atoms with Gasteiger partial charge in [-0.05, 0) is 24.2 Å². The molecule has 0 saturated carbocycles. The van der Waals surface area contributed by atoms with E-state index >= 15 is 0 Å². The molecule has 0 aliphatic rings. The zero-order valence-corrected chi connectivity index (χ0v) is 12.1.